The summed E-state index contributed by atoms with van der Waals surface area (Å²) in [6.45, 7) is 0.434. The van der Waals surface area contributed by atoms with E-state index >= 15 is 0 Å². The largest absolute Gasteiger partial charge is 0.451 e. The van der Waals surface area contributed by atoms with E-state index in [4.69, 9.17) is 4.42 Å². The molecule has 0 spiro atoms. The average molecular weight is 418 g/mol. The molecule has 2 amide bonds. The first-order valence-electron chi connectivity index (χ1n) is 9.11. The predicted octanol–water partition coefficient (Wildman–Crippen LogP) is 3.23. The summed E-state index contributed by atoms with van der Waals surface area (Å²) in [5.74, 6) is -0.836. The molecule has 7 nitrogen and oxygen atoms in total. The number of benzene rings is 1. The number of aryl methyl sites for hydroxylation is 1. The molecule has 1 aromatic carbocycles. The van der Waals surface area contributed by atoms with Crippen LogP contribution in [0.5, 0.6) is 0 Å². The molecule has 0 aliphatic carbocycles. The van der Waals surface area contributed by atoms with Crippen LogP contribution in [0.1, 0.15) is 22.5 Å². The lowest BCUT2D eigenvalue weighted by molar-refractivity contribution is -0.137. The van der Waals surface area contributed by atoms with Gasteiger partial charge in [0.05, 0.1) is 17.4 Å². The van der Waals surface area contributed by atoms with Crippen molar-refractivity contribution >= 4 is 17.5 Å². The molecule has 10 heteroatoms. The Kier molecular flexibility index (Phi) is 4.84. The average Bonchev–Trinajstić information content (AvgIpc) is 3.42. The van der Waals surface area contributed by atoms with Crippen molar-refractivity contribution in [1.82, 2.24) is 15.1 Å². The van der Waals surface area contributed by atoms with E-state index in [2.05, 4.69) is 10.4 Å². The highest BCUT2D eigenvalue weighted by Crippen LogP contribution is 2.32. The Labute approximate surface area is 169 Å². The van der Waals surface area contributed by atoms with Crippen molar-refractivity contribution in [2.75, 3.05) is 11.4 Å². The van der Waals surface area contributed by atoms with Gasteiger partial charge in [-0.3, -0.25) is 14.3 Å². The minimum Gasteiger partial charge on any atom is -0.451 e. The first-order valence-corrected chi connectivity index (χ1v) is 9.11. The smallest absolute Gasteiger partial charge is 0.416 e. The van der Waals surface area contributed by atoms with Gasteiger partial charge in [-0.2, -0.15) is 18.3 Å². The molecule has 0 saturated carbocycles. The van der Waals surface area contributed by atoms with Crippen molar-refractivity contribution in [3.8, 4) is 11.3 Å². The minimum absolute atomic E-state index is 0.0879. The van der Waals surface area contributed by atoms with Crippen molar-refractivity contribution < 1.29 is 27.2 Å². The van der Waals surface area contributed by atoms with Crippen LogP contribution < -0.4 is 10.2 Å². The second-order valence-corrected chi connectivity index (χ2v) is 6.92. The normalized spacial score (nSPS) is 16.9. The van der Waals surface area contributed by atoms with Crippen molar-refractivity contribution in [3.63, 3.8) is 0 Å². The second-order valence-electron chi connectivity index (χ2n) is 6.92. The van der Waals surface area contributed by atoms with E-state index in [-0.39, 0.29) is 23.0 Å². The van der Waals surface area contributed by atoms with E-state index in [1.807, 2.05) is 0 Å². The van der Waals surface area contributed by atoms with Crippen molar-refractivity contribution in [1.29, 1.82) is 0 Å². The molecule has 1 atom stereocenters. The number of rotatable bonds is 4. The topological polar surface area (TPSA) is 80.4 Å². The van der Waals surface area contributed by atoms with Crippen LogP contribution in [0.15, 0.2) is 53.2 Å². The summed E-state index contributed by atoms with van der Waals surface area (Å²) >= 11 is 0. The van der Waals surface area contributed by atoms with Crippen LogP contribution in [-0.2, 0) is 18.0 Å². The third-order valence-corrected chi connectivity index (χ3v) is 4.82. The maximum absolute atomic E-state index is 12.9. The van der Waals surface area contributed by atoms with E-state index in [0.717, 1.165) is 12.1 Å². The number of carbonyl (C=O) groups is 2. The summed E-state index contributed by atoms with van der Waals surface area (Å²) in [4.78, 5) is 26.6. The number of carbonyl (C=O) groups excluding carboxylic acids is 2. The highest BCUT2D eigenvalue weighted by Gasteiger charge is 2.35. The molecule has 0 radical (unpaired) electrons. The molecule has 1 N–H and O–H groups in total. The molecule has 0 bridgehead atoms. The molecule has 30 heavy (non-hydrogen) atoms. The fraction of sp³-hybridized carbons (Fsp3) is 0.250. The Morgan fingerprint density at radius 3 is 2.77 bits per heavy atom. The molecule has 156 valence electrons. The van der Waals surface area contributed by atoms with Gasteiger partial charge in [-0.15, -0.1) is 0 Å². The number of amides is 2. The molecule has 2 aromatic heterocycles. The summed E-state index contributed by atoms with van der Waals surface area (Å²) in [5.41, 5.74) is 0.0297. The number of anilines is 1. The van der Waals surface area contributed by atoms with E-state index in [0.29, 0.717) is 18.7 Å². The van der Waals surface area contributed by atoms with Gasteiger partial charge in [0.1, 0.15) is 11.8 Å². The van der Waals surface area contributed by atoms with Gasteiger partial charge in [-0.1, -0.05) is 12.1 Å². The Morgan fingerprint density at radius 1 is 1.27 bits per heavy atom. The second kappa shape index (κ2) is 7.36. The number of halogens is 3. The molecule has 3 aromatic rings. The number of hydrogen-bond acceptors (Lipinski definition) is 4. The van der Waals surface area contributed by atoms with Gasteiger partial charge in [0.25, 0.3) is 5.91 Å². The lowest BCUT2D eigenvalue weighted by Crippen LogP contribution is -2.41. The number of hydrogen-bond donors (Lipinski definition) is 1. The zero-order valence-corrected chi connectivity index (χ0v) is 15.8. The maximum atomic E-state index is 12.9. The van der Waals surface area contributed by atoms with E-state index in [1.165, 1.54) is 29.2 Å². The molecular formula is C20H17F3N4O3. The summed E-state index contributed by atoms with van der Waals surface area (Å²) in [7, 11) is 1.74. The van der Waals surface area contributed by atoms with Gasteiger partial charge in [-0.25, -0.2) is 0 Å². The summed E-state index contributed by atoms with van der Waals surface area (Å²) < 4.78 is 45.7. The van der Waals surface area contributed by atoms with Gasteiger partial charge >= 0.3 is 6.18 Å². The van der Waals surface area contributed by atoms with Crippen molar-refractivity contribution in [2.45, 2.75) is 18.6 Å². The number of furan rings is 1. The number of nitrogens with zero attached hydrogens (tertiary/aromatic N) is 3. The number of aromatic nitrogens is 2. The first-order chi connectivity index (χ1) is 14.2. The Hall–Kier alpha value is -3.56. The predicted molar refractivity (Wildman–Crippen MR) is 101 cm³/mol. The fourth-order valence-electron chi connectivity index (χ4n) is 3.31. The van der Waals surface area contributed by atoms with Crippen molar-refractivity contribution in [2.24, 2.45) is 7.05 Å². The minimum atomic E-state index is -4.48. The van der Waals surface area contributed by atoms with E-state index in [1.54, 1.807) is 24.1 Å². The van der Waals surface area contributed by atoms with Crippen LogP contribution in [0.2, 0.25) is 0 Å². The standard InChI is InChI=1S/C20H17F3N4O3/c1-26-11-14(10-24-26)27-8-7-15(19(27)29)25-18(28)17-6-5-16(30-17)12-3-2-4-13(9-12)20(21,22)23/h2-6,9-11,15H,7-8H2,1H3,(H,25,28). The molecule has 1 unspecified atom stereocenters. The van der Waals surface area contributed by atoms with Gasteiger partial charge in [0.2, 0.25) is 5.91 Å². The zero-order valence-electron chi connectivity index (χ0n) is 15.8. The molecule has 1 aliphatic rings. The van der Waals surface area contributed by atoms with Gasteiger partial charge in [-0.05, 0) is 30.7 Å². The maximum Gasteiger partial charge on any atom is 0.416 e. The monoisotopic (exact) mass is 418 g/mol. The lowest BCUT2D eigenvalue weighted by Gasteiger charge is -2.14. The van der Waals surface area contributed by atoms with Gasteiger partial charge < -0.3 is 14.6 Å². The Balaban J connectivity index is 1.46. The lowest BCUT2D eigenvalue weighted by atomic mass is 10.1. The molecule has 1 aliphatic heterocycles. The molecule has 1 fully saturated rings. The summed E-state index contributed by atoms with van der Waals surface area (Å²) in [6, 6.07) is 6.70. The third-order valence-electron chi connectivity index (χ3n) is 4.82. The van der Waals surface area contributed by atoms with Crippen LogP contribution in [-0.4, -0.2) is 34.2 Å². The highest BCUT2D eigenvalue weighted by molar-refractivity contribution is 6.03. The zero-order chi connectivity index (χ0) is 21.5. The Morgan fingerprint density at radius 2 is 2.07 bits per heavy atom. The summed E-state index contributed by atoms with van der Waals surface area (Å²) in [6.07, 6.45) is -0.793. The molecule has 1 saturated heterocycles. The van der Waals surface area contributed by atoms with Crippen molar-refractivity contribution in [3.05, 3.63) is 60.1 Å². The molecule has 4 rings (SSSR count). The van der Waals surface area contributed by atoms with E-state index < -0.39 is 23.7 Å². The number of nitrogens with one attached hydrogen (secondary N) is 1. The summed E-state index contributed by atoms with van der Waals surface area (Å²) in [5, 5.41) is 6.65. The van der Waals surface area contributed by atoms with Crippen LogP contribution in [0.25, 0.3) is 11.3 Å². The fourth-order valence-corrected chi connectivity index (χ4v) is 3.31. The third kappa shape index (κ3) is 3.80. The molecular weight excluding hydrogens is 401 g/mol. The van der Waals surface area contributed by atoms with Gasteiger partial charge in [0, 0.05) is 25.4 Å². The SMILES string of the molecule is Cn1cc(N2CCC(NC(=O)c3ccc(-c4cccc(C(F)(F)F)c4)o3)C2=O)cn1. The quantitative estimate of drug-likeness (QED) is 0.706. The number of alkyl halides is 3. The van der Waals surface area contributed by atoms with Crippen LogP contribution in [0.4, 0.5) is 18.9 Å². The first kappa shape index (κ1) is 19.7. The Bertz CT molecular complexity index is 1100. The highest BCUT2D eigenvalue weighted by atomic mass is 19.4. The van der Waals surface area contributed by atoms with Crippen LogP contribution >= 0.6 is 0 Å². The van der Waals surface area contributed by atoms with Crippen LogP contribution in [0, 0.1) is 0 Å². The molecule has 3 heterocycles. The van der Waals surface area contributed by atoms with E-state index in [9.17, 15) is 22.8 Å². The van der Waals surface area contributed by atoms with Crippen LogP contribution in [0.3, 0.4) is 0 Å². The van der Waals surface area contributed by atoms with Gasteiger partial charge in [0.15, 0.2) is 5.76 Å².